The first kappa shape index (κ1) is 13.8. The molecule has 0 rings (SSSR count). The number of alkyl halides is 1. The van der Waals surface area contributed by atoms with Crippen LogP contribution in [-0.2, 0) is 4.79 Å². The van der Waals surface area contributed by atoms with Crippen molar-refractivity contribution in [3.8, 4) is 0 Å². The molecule has 0 N–H and O–H groups in total. The average Bonchev–Trinajstić information content (AvgIpc) is 2.09. The molecular formula is C11H22ClNO. The normalized spacial score (nSPS) is 13.0. The first-order chi connectivity index (χ1) is 6.43. The second-order valence-corrected chi connectivity index (χ2v) is 5.06. The van der Waals surface area contributed by atoms with E-state index in [1.807, 2.05) is 14.0 Å². The lowest BCUT2D eigenvalue weighted by atomic mass is 10.1. The van der Waals surface area contributed by atoms with Gasteiger partial charge in [0.25, 0.3) is 0 Å². The van der Waals surface area contributed by atoms with Crippen molar-refractivity contribution >= 4 is 17.5 Å². The van der Waals surface area contributed by atoms with Crippen molar-refractivity contribution in [3.63, 3.8) is 0 Å². The Hall–Kier alpha value is -0.240. The van der Waals surface area contributed by atoms with Gasteiger partial charge < -0.3 is 4.90 Å². The summed E-state index contributed by atoms with van der Waals surface area (Å²) in [6.45, 7) is 6.98. The molecular weight excluding hydrogens is 198 g/mol. The van der Waals surface area contributed by atoms with Gasteiger partial charge in [-0.15, -0.1) is 11.6 Å². The van der Waals surface area contributed by atoms with E-state index in [9.17, 15) is 4.79 Å². The molecule has 0 saturated heterocycles. The summed E-state index contributed by atoms with van der Waals surface area (Å²) in [5, 5.41) is 0.148. The molecule has 84 valence electrons. The van der Waals surface area contributed by atoms with Crippen LogP contribution in [0.4, 0.5) is 0 Å². The summed E-state index contributed by atoms with van der Waals surface area (Å²) in [6.07, 6.45) is 2.50. The first-order valence-corrected chi connectivity index (χ1v) is 5.75. The molecule has 0 bridgehead atoms. The van der Waals surface area contributed by atoms with Crippen LogP contribution in [-0.4, -0.2) is 29.8 Å². The third-order valence-electron chi connectivity index (χ3n) is 2.22. The van der Waals surface area contributed by atoms with Gasteiger partial charge in [0, 0.05) is 25.4 Å². The number of hydrogen-bond donors (Lipinski definition) is 0. The Bertz CT molecular complexity index is 169. The van der Waals surface area contributed by atoms with Crippen LogP contribution >= 0.6 is 11.6 Å². The molecule has 14 heavy (non-hydrogen) atoms. The van der Waals surface area contributed by atoms with E-state index in [2.05, 4.69) is 13.8 Å². The summed E-state index contributed by atoms with van der Waals surface area (Å²) in [5.41, 5.74) is 0. The molecule has 1 atom stereocenters. The van der Waals surface area contributed by atoms with Crippen LogP contribution in [0.2, 0.25) is 0 Å². The van der Waals surface area contributed by atoms with Gasteiger partial charge in [0.15, 0.2) is 0 Å². The predicted octanol–water partition coefficient (Wildman–Crippen LogP) is 2.90. The number of halogens is 1. The number of nitrogens with zero attached hydrogens (tertiary/aromatic N) is 1. The van der Waals surface area contributed by atoms with E-state index in [0.717, 1.165) is 19.4 Å². The van der Waals surface area contributed by atoms with Crippen LogP contribution in [0.15, 0.2) is 0 Å². The van der Waals surface area contributed by atoms with Gasteiger partial charge in [0.05, 0.1) is 0 Å². The molecule has 0 aromatic rings. The third-order valence-corrected chi connectivity index (χ3v) is 2.44. The molecule has 0 aliphatic rings. The fraction of sp³-hybridized carbons (Fsp3) is 0.909. The van der Waals surface area contributed by atoms with E-state index in [-0.39, 0.29) is 11.3 Å². The minimum atomic E-state index is 0.148. The molecule has 1 unspecified atom stereocenters. The van der Waals surface area contributed by atoms with Crippen LogP contribution in [0.3, 0.4) is 0 Å². The third kappa shape index (κ3) is 7.19. The summed E-state index contributed by atoms with van der Waals surface area (Å²) >= 11 is 5.82. The van der Waals surface area contributed by atoms with Gasteiger partial charge in [-0.1, -0.05) is 13.8 Å². The van der Waals surface area contributed by atoms with Crippen molar-refractivity contribution in [2.45, 2.75) is 45.4 Å². The summed E-state index contributed by atoms with van der Waals surface area (Å²) in [5.74, 6) is 0.829. The van der Waals surface area contributed by atoms with Crippen LogP contribution in [0, 0.1) is 5.92 Å². The second kappa shape index (κ2) is 7.10. The largest absolute Gasteiger partial charge is 0.346 e. The fourth-order valence-electron chi connectivity index (χ4n) is 1.10. The molecule has 0 radical (unpaired) electrons. The second-order valence-electron chi connectivity index (χ2n) is 4.32. The highest BCUT2D eigenvalue weighted by atomic mass is 35.5. The maximum absolute atomic E-state index is 11.5. The van der Waals surface area contributed by atoms with Crippen LogP contribution in [0.25, 0.3) is 0 Å². The predicted molar refractivity (Wildman–Crippen MR) is 61.6 cm³/mol. The minimum absolute atomic E-state index is 0.148. The van der Waals surface area contributed by atoms with E-state index in [1.54, 1.807) is 4.90 Å². The maximum Gasteiger partial charge on any atom is 0.222 e. The van der Waals surface area contributed by atoms with Crippen LogP contribution < -0.4 is 0 Å². The standard InChI is InChI=1S/C11H22ClNO/c1-9(2)5-6-11(14)13(4)8-7-10(3)12/h9-10H,5-8H2,1-4H3. The van der Waals surface area contributed by atoms with Crippen LogP contribution in [0.5, 0.6) is 0 Å². The first-order valence-electron chi connectivity index (χ1n) is 5.31. The number of rotatable bonds is 6. The van der Waals surface area contributed by atoms with Gasteiger partial charge in [-0.2, -0.15) is 0 Å². The van der Waals surface area contributed by atoms with Gasteiger partial charge in [0.1, 0.15) is 0 Å². The highest BCUT2D eigenvalue weighted by Gasteiger charge is 2.09. The molecule has 0 saturated carbocycles. The summed E-state index contributed by atoms with van der Waals surface area (Å²) in [6, 6.07) is 0. The SMILES string of the molecule is CC(C)CCC(=O)N(C)CCC(C)Cl. The molecule has 3 heteroatoms. The van der Waals surface area contributed by atoms with Crippen molar-refractivity contribution in [2.24, 2.45) is 5.92 Å². The average molecular weight is 220 g/mol. The summed E-state index contributed by atoms with van der Waals surface area (Å²) in [7, 11) is 1.85. The Labute approximate surface area is 92.6 Å². The van der Waals surface area contributed by atoms with Gasteiger partial charge >= 0.3 is 0 Å². The monoisotopic (exact) mass is 219 g/mol. The van der Waals surface area contributed by atoms with E-state index < -0.39 is 0 Å². The zero-order chi connectivity index (χ0) is 11.1. The molecule has 0 aliphatic heterocycles. The van der Waals surface area contributed by atoms with Gasteiger partial charge in [-0.3, -0.25) is 4.79 Å². The minimum Gasteiger partial charge on any atom is -0.346 e. The molecule has 0 spiro atoms. The Morgan fingerprint density at radius 3 is 2.29 bits per heavy atom. The smallest absolute Gasteiger partial charge is 0.222 e. The fourth-order valence-corrected chi connectivity index (χ4v) is 1.20. The quantitative estimate of drug-likeness (QED) is 0.630. The Morgan fingerprint density at radius 1 is 1.29 bits per heavy atom. The highest BCUT2D eigenvalue weighted by Crippen LogP contribution is 2.07. The lowest BCUT2D eigenvalue weighted by molar-refractivity contribution is -0.130. The molecule has 0 aromatic carbocycles. The Morgan fingerprint density at radius 2 is 1.86 bits per heavy atom. The summed E-state index contributed by atoms with van der Waals surface area (Å²) in [4.78, 5) is 13.3. The van der Waals surface area contributed by atoms with Crippen molar-refractivity contribution in [1.29, 1.82) is 0 Å². The number of carbonyl (C=O) groups is 1. The number of carbonyl (C=O) groups excluding carboxylic acids is 1. The van der Waals surface area contributed by atoms with Crippen molar-refractivity contribution < 1.29 is 4.79 Å². The van der Waals surface area contributed by atoms with Crippen LogP contribution in [0.1, 0.15) is 40.0 Å². The molecule has 0 aliphatic carbocycles. The van der Waals surface area contributed by atoms with E-state index >= 15 is 0 Å². The van der Waals surface area contributed by atoms with Gasteiger partial charge in [-0.25, -0.2) is 0 Å². The van der Waals surface area contributed by atoms with Gasteiger partial charge in [0.2, 0.25) is 5.91 Å². The lowest BCUT2D eigenvalue weighted by Gasteiger charge is -2.18. The van der Waals surface area contributed by atoms with Crippen molar-refractivity contribution in [1.82, 2.24) is 4.90 Å². The number of hydrogen-bond acceptors (Lipinski definition) is 1. The summed E-state index contributed by atoms with van der Waals surface area (Å²) < 4.78 is 0. The molecule has 0 fully saturated rings. The molecule has 2 nitrogen and oxygen atoms in total. The topological polar surface area (TPSA) is 20.3 Å². The highest BCUT2D eigenvalue weighted by molar-refractivity contribution is 6.20. The maximum atomic E-state index is 11.5. The van der Waals surface area contributed by atoms with Crippen molar-refractivity contribution in [3.05, 3.63) is 0 Å². The zero-order valence-corrected chi connectivity index (χ0v) is 10.5. The van der Waals surface area contributed by atoms with Gasteiger partial charge in [-0.05, 0) is 25.7 Å². The Balaban J connectivity index is 3.65. The Kier molecular flexibility index (Phi) is 6.98. The zero-order valence-electron chi connectivity index (χ0n) is 9.72. The number of amides is 1. The lowest BCUT2D eigenvalue weighted by Crippen LogP contribution is -2.28. The van der Waals surface area contributed by atoms with E-state index in [0.29, 0.717) is 12.3 Å². The molecule has 0 aromatic heterocycles. The molecule has 1 amide bonds. The van der Waals surface area contributed by atoms with E-state index in [4.69, 9.17) is 11.6 Å². The van der Waals surface area contributed by atoms with Crippen molar-refractivity contribution in [2.75, 3.05) is 13.6 Å². The molecule has 0 heterocycles. The van der Waals surface area contributed by atoms with E-state index in [1.165, 1.54) is 0 Å².